The van der Waals surface area contributed by atoms with Crippen LogP contribution in [0, 0.1) is 10.1 Å². The molecule has 5 nitrogen and oxygen atoms in total. The second-order valence-corrected chi connectivity index (χ2v) is 5.66. The van der Waals surface area contributed by atoms with Gasteiger partial charge in [-0.3, -0.25) is 14.9 Å². The normalized spacial score (nSPS) is 10.7. The van der Waals surface area contributed by atoms with Crippen molar-refractivity contribution >= 4 is 58.2 Å². The van der Waals surface area contributed by atoms with Gasteiger partial charge in [0.2, 0.25) is 5.91 Å². The maximum atomic E-state index is 11.9. The van der Waals surface area contributed by atoms with Crippen molar-refractivity contribution in [3.8, 4) is 0 Å². The largest absolute Gasteiger partial charge is 0.321 e. The first-order chi connectivity index (χ1) is 10.9. The first kappa shape index (κ1) is 17.3. The van der Waals surface area contributed by atoms with Gasteiger partial charge in [-0.1, -0.05) is 40.9 Å². The lowest BCUT2D eigenvalue weighted by Gasteiger charge is -2.05. The van der Waals surface area contributed by atoms with Crippen molar-refractivity contribution in [2.24, 2.45) is 0 Å². The fourth-order valence-electron chi connectivity index (χ4n) is 1.70. The van der Waals surface area contributed by atoms with E-state index in [9.17, 15) is 14.9 Å². The number of non-ortho nitro benzene ring substituents is 1. The highest BCUT2D eigenvalue weighted by Crippen LogP contribution is 2.27. The molecule has 23 heavy (non-hydrogen) atoms. The highest BCUT2D eigenvalue weighted by molar-refractivity contribution is 6.35. The number of rotatable bonds is 4. The second kappa shape index (κ2) is 7.46. The zero-order valence-corrected chi connectivity index (χ0v) is 13.7. The molecule has 0 aliphatic heterocycles. The maximum Gasteiger partial charge on any atom is 0.271 e. The Morgan fingerprint density at radius 3 is 2.48 bits per heavy atom. The van der Waals surface area contributed by atoms with Gasteiger partial charge in [0, 0.05) is 28.3 Å². The average Bonchev–Trinajstić information content (AvgIpc) is 2.48. The summed E-state index contributed by atoms with van der Waals surface area (Å²) in [4.78, 5) is 22.1. The molecule has 0 heterocycles. The van der Waals surface area contributed by atoms with Crippen molar-refractivity contribution in [3.63, 3.8) is 0 Å². The Morgan fingerprint density at radius 2 is 1.83 bits per heavy atom. The van der Waals surface area contributed by atoms with Crippen LogP contribution >= 0.6 is 34.8 Å². The molecule has 0 bridgehead atoms. The van der Waals surface area contributed by atoms with Gasteiger partial charge in [0.25, 0.3) is 5.69 Å². The van der Waals surface area contributed by atoms with Gasteiger partial charge in [-0.05, 0) is 29.8 Å². The van der Waals surface area contributed by atoms with E-state index in [2.05, 4.69) is 5.32 Å². The monoisotopic (exact) mass is 370 g/mol. The highest BCUT2D eigenvalue weighted by atomic mass is 35.5. The summed E-state index contributed by atoms with van der Waals surface area (Å²) in [6, 6.07) is 8.63. The summed E-state index contributed by atoms with van der Waals surface area (Å²) >= 11 is 17.7. The van der Waals surface area contributed by atoms with Crippen LogP contribution in [0.25, 0.3) is 6.08 Å². The molecule has 1 N–H and O–H groups in total. The van der Waals surface area contributed by atoms with Gasteiger partial charge in [-0.15, -0.1) is 0 Å². The summed E-state index contributed by atoms with van der Waals surface area (Å²) in [5.74, 6) is -0.501. The number of halogens is 3. The van der Waals surface area contributed by atoms with E-state index < -0.39 is 10.8 Å². The Morgan fingerprint density at radius 1 is 1.09 bits per heavy atom. The summed E-state index contributed by atoms with van der Waals surface area (Å²) in [5.41, 5.74) is 0.587. The number of anilines is 1. The molecular weight excluding hydrogens is 363 g/mol. The minimum Gasteiger partial charge on any atom is -0.321 e. The Bertz CT molecular complexity index is 807. The van der Waals surface area contributed by atoms with Crippen molar-refractivity contribution in [2.75, 3.05) is 5.32 Å². The number of benzene rings is 2. The number of hydrogen-bond donors (Lipinski definition) is 1. The topological polar surface area (TPSA) is 72.2 Å². The molecule has 0 aliphatic rings. The van der Waals surface area contributed by atoms with E-state index in [1.807, 2.05) is 0 Å². The van der Waals surface area contributed by atoms with Gasteiger partial charge in [0.15, 0.2) is 0 Å². The number of carbonyl (C=O) groups excluding carboxylic acids is 1. The Hall–Kier alpha value is -2.08. The van der Waals surface area contributed by atoms with Crippen molar-refractivity contribution in [3.05, 3.63) is 73.2 Å². The summed E-state index contributed by atoms with van der Waals surface area (Å²) in [6.45, 7) is 0. The van der Waals surface area contributed by atoms with Crippen LogP contribution in [-0.4, -0.2) is 10.8 Å². The van der Waals surface area contributed by atoms with Crippen LogP contribution in [0.5, 0.6) is 0 Å². The molecule has 8 heteroatoms. The number of amides is 1. The zero-order valence-electron chi connectivity index (χ0n) is 11.4. The van der Waals surface area contributed by atoms with E-state index in [1.54, 1.807) is 18.2 Å². The van der Waals surface area contributed by atoms with E-state index in [4.69, 9.17) is 34.8 Å². The van der Waals surface area contributed by atoms with Crippen LogP contribution in [0.2, 0.25) is 15.1 Å². The molecular formula is C15H9Cl3N2O3. The summed E-state index contributed by atoms with van der Waals surface area (Å²) in [7, 11) is 0. The van der Waals surface area contributed by atoms with Crippen molar-refractivity contribution < 1.29 is 9.72 Å². The van der Waals surface area contributed by atoms with E-state index in [0.717, 1.165) is 0 Å². The number of nitro groups is 1. The zero-order chi connectivity index (χ0) is 17.0. The summed E-state index contributed by atoms with van der Waals surface area (Å²) in [6.07, 6.45) is 2.74. The minimum absolute atomic E-state index is 0.151. The molecule has 0 atom stereocenters. The first-order valence-corrected chi connectivity index (χ1v) is 7.38. The highest BCUT2D eigenvalue weighted by Gasteiger charge is 2.11. The van der Waals surface area contributed by atoms with Crippen LogP contribution in [0.1, 0.15) is 5.56 Å². The van der Waals surface area contributed by atoms with Crippen molar-refractivity contribution in [1.82, 2.24) is 0 Å². The molecule has 0 saturated heterocycles. The molecule has 0 unspecified atom stereocenters. The van der Waals surface area contributed by atoms with E-state index in [-0.39, 0.29) is 16.4 Å². The van der Waals surface area contributed by atoms with Crippen LogP contribution in [0.15, 0.2) is 42.5 Å². The second-order valence-electron chi connectivity index (χ2n) is 4.41. The molecule has 1 amide bonds. The minimum atomic E-state index is -0.574. The summed E-state index contributed by atoms with van der Waals surface area (Å²) in [5, 5.41) is 14.3. The molecule has 2 rings (SSSR count). The van der Waals surface area contributed by atoms with Crippen molar-refractivity contribution in [2.45, 2.75) is 0 Å². The fraction of sp³-hybridized carbons (Fsp3) is 0. The first-order valence-electron chi connectivity index (χ1n) is 6.25. The van der Waals surface area contributed by atoms with Gasteiger partial charge in [-0.2, -0.15) is 0 Å². The van der Waals surface area contributed by atoms with Crippen LogP contribution < -0.4 is 5.32 Å². The molecule has 0 aromatic heterocycles. The number of carbonyl (C=O) groups is 1. The summed E-state index contributed by atoms with van der Waals surface area (Å²) < 4.78 is 0. The number of hydrogen-bond acceptors (Lipinski definition) is 3. The molecule has 2 aromatic rings. The predicted molar refractivity (Wildman–Crippen MR) is 92.2 cm³/mol. The third kappa shape index (κ3) is 4.69. The number of nitrogens with one attached hydrogen (secondary N) is 1. The lowest BCUT2D eigenvalue weighted by Crippen LogP contribution is -2.08. The number of nitrogens with zero attached hydrogens (tertiary/aromatic N) is 1. The van der Waals surface area contributed by atoms with E-state index in [1.165, 1.54) is 30.4 Å². The van der Waals surface area contributed by atoms with Crippen LogP contribution in [0.3, 0.4) is 0 Å². The molecule has 118 valence electrons. The van der Waals surface area contributed by atoms with E-state index >= 15 is 0 Å². The average molecular weight is 372 g/mol. The third-order valence-corrected chi connectivity index (χ3v) is 3.69. The standard InChI is InChI=1S/C15H9Cl3N2O3/c16-10-3-1-9(13(18)7-10)2-6-15(21)19-14-8-11(20(22)23)4-5-12(14)17/h1-8H,(H,19,21)/b6-2+. The quantitative estimate of drug-likeness (QED) is 0.456. The van der Waals surface area contributed by atoms with Crippen LogP contribution in [0.4, 0.5) is 11.4 Å². The van der Waals surface area contributed by atoms with Gasteiger partial charge in [0.1, 0.15) is 0 Å². The maximum absolute atomic E-state index is 11.9. The Labute approximate surface area is 146 Å². The number of nitro benzene ring substituents is 1. The molecule has 0 aliphatic carbocycles. The van der Waals surface area contributed by atoms with Crippen LogP contribution in [-0.2, 0) is 4.79 Å². The Kier molecular flexibility index (Phi) is 5.60. The predicted octanol–water partition coefficient (Wildman–Crippen LogP) is 5.21. The SMILES string of the molecule is O=C(/C=C/c1ccc(Cl)cc1Cl)Nc1cc([N+](=O)[O-])ccc1Cl. The lowest BCUT2D eigenvalue weighted by atomic mass is 10.2. The molecule has 0 radical (unpaired) electrons. The van der Waals surface area contributed by atoms with E-state index in [0.29, 0.717) is 15.6 Å². The third-order valence-electron chi connectivity index (χ3n) is 2.80. The fourth-order valence-corrected chi connectivity index (χ4v) is 2.34. The lowest BCUT2D eigenvalue weighted by molar-refractivity contribution is -0.384. The molecule has 0 saturated carbocycles. The van der Waals surface area contributed by atoms with Crippen molar-refractivity contribution in [1.29, 1.82) is 0 Å². The molecule has 0 spiro atoms. The Balaban J connectivity index is 2.14. The van der Waals surface area contributed by atoms with Gasteiger partial charge >= 0.3 is 0 Å². The van der Waals surface area contributed by atoms with Gasteiger partial charge < -0.3 is 5.32 Å². The van der Waals surface area contributed by atoms with Gasteiger partial charge in [-0.25, -0.2) is 0 Å². The molecule has 2 aromatic carbocycles. The molecule has 0 fully saturated rings. The smallest absolute Gasteiger partial charge is 0.271 e. The van der Waals surface area contributed by atoms with Gasteiger partial charge in [0.05, 0.1) is 15.6 Å².